The molecule has 1 aliphatic heterocycles. The molecule has 3 radical (unpaired) electrons. The smallest absolute Gasteiger partial charge is 0.242 e. The molecule has 2 aromatic carbocycles. The van der Waals surface area contributed by atoms with Gasteiger partial charge in [0.1, 0.15) is 11.9 Å². The summed E-state index contributed by atoms with van der Waals surface area (Å²) in [7, 11) is 0. The largest absolute Gasteiger partial charge is 0.300 e. The summed E-state index contributed by atoms with van der Waals surface area (Å²) in [6, 6.07) is 14.4. The van der Waals surface area contributed by atoms with E-state index in [4.69, 9.17) is 0 Å². The summed E-state index contributed by atoms with van der Waals surface area (Å²) in [5.74, 6) is 0.803. The maximum Gasteiger partial charge on any atom is 0.242 e. The first kappa shape index (κ1) is 26.2. The van der Waals surface area contributed by atoms with E-state index in [0.717, 1.165) is 49.8 Å². The fraction of sp³-hybridized carbons (Fsp3) is 0.464. The van der Waals surface area contributed by atoms with Crippen LogP contribution in [0, 0.1) is 11.3 Å². The standard InChI is InChI=1S/C26H25BrN2O2.C2H6.B/c27-22-5-4-6-23(20(22)16-28)29-24-15-18(17-7-10-19(30)11-8-17)9-12-21(24)26(25(29)31)13-2-1-3-14-26;1-2;/h4-6,9,12,15,17H,1-3,7-8,10-11,13-14H2;1-2H3;. The number of fused-ring (bicyclic) bond motifs is 2. The minimum atomic E-state index is -0.482. The van der Waals surface area contributed by atoms with Crippen LogP contribution in [0.15, 0.2) is 40.9 Å². The van der Waals surface area contributed by atoms with E-state index in [9.17, 15) is 14.9 Å². The van der Waals surface area contributed by atoms with Gasteiger partial charge in [-0.2, -0.15) is 5.26 Å². The highest BCUT2D eigenvalue weighted by atomic mass is 79.9. The Kier molecular flexibility index (Phi) is 8.41. The van der Waals surface area contributed by atoms with Crippen LogP contribution in [-0.2, 0) is 15.0 Å². The fourth-order valence-electron chi connectivity index (χ4n) is 5.79. The number of ketones is 1. The van der Waals surface area contributed by atoms with Crippen molar-refractivity contribution in [2.24, 2.45) is 0 Å². The molecule has 5 rings (SSSR count). The van der Waals surface area contributed by atoms with Gasteiger partial charge < -0.3 is 0 Å². The number of rotatable bonds is 2. The van der Waals surface area contributed by atoms with Crippen molar-refractivity contribution < 1.29 is 9.59 Å². The Morgan fingerprint density at radius 3 is 2.32 bits per heavy atom. The second-order valence-electron chi connectivity index (χ2n) is 9.12. The van der Waals surface area contributed by atoms with Crippen LogP contribution in [0.4, 0.5) is 11.4 Å². The Balaban J connectivity index is 0.00000105. The van der Waals surface area contributed by atoms with Gasteiger partial charge in [0, 0.05) is 25.7 Å². The van der Waals surface area contributed by atoms with Gasteiger partial charge in [-0.15, -0.1) is 0 Å². The van der Waals surface area contributed by atoms with Crippen molar-refractivity contribution in [1.29, 1.82) is 5.26 Å². The molecule has 2 saturated carbocycles. The zero-order valence-corrected chi connectivity index (χ0v) is 21.7. The molecule has 1 spiro atoms. The Labute approximate surface area is 213 Å². The fourth-order valence-corrected chi connectivity index (χ4v) is 6.24. The third kappa shape index (κ3) is 4.36. The molecule has 4 nitrogen and oxygen atoms in total. The molecular weight excluding hydrogens is 487 g/mol. The topological polar surface area (TPSA) is 61.2 Å². The number of anilines is 2. The zero-order valence-electron chi connectivity index (χ0n) is 20.1. The molecule has 175 valence electrons. The van der Waals surface area contributed by atoms with Gasteiger partial charge in [0.25, 0.3) is 0 Å². The summed E-state index contributed by atoms with van der Waals surface area (Å²) in [6.45, 7) is 4.00. The Bertz CT molecular complexity index is 1110. The summed E-state index contributed by atoms with van der Waals surface area (Å²) in [6.07, 6.45) is 8.01. The Morgan fingerprint density at radius 1 is 1.00 bits per heavy atom. The SMILES string of the molecule is CC.N#Cc1c(Br)cccc1N1C(=O)C2(CCCCC2)c2ccc(C3CCC(=O)CC3)cc21.[B]. The first-order chi connectivity index (χ1) is 16.0. The number of nitrogens with zero attached hydrogens (tertiary/aromatic N) is 2. The van der Waals surface area contributed by atoms with Gasteiger partial charge in [0.15, 0.2) is 0 Å². The minimum Gasteiger partial charge on any atom is -0.300 e. The van der Waals surface area contributed by atoms with Crippen LogP contribution in [0.3, 0.4) is 0 Å². The van der Waals surface area contributed by atoms with E-state index in [2.05, 4.69) is 40.2 Å². The van der Waals surface area contributed by atoms with Crippen LogP contribution < -0.4 is 4.90 Å². The van der Waals surface area contributed by atoms with Gasteiger partial charge in [0.2, 0.25) is 5.91 Å². The molecule has 2 aromatic rings. The van der Waals surface area contributed by atoms with Crippen molar-refractivity contribution in [1.82, 2.24) is 0 Å². The van der Waals surface area contributed by atoms with E-state index in [0.29, 0.717) is 40.3 Å². The molecule has 0 saturated heterocycles. The monoisotopic (exact) mass is 517 g/mol. The number of halogens is 1. The van der Waals surface area contributed by atoms with Crippen molar-refractivity contribution in [3.63, 3.8) is 0 Å². The second-order valence-corrected chi connectivity index (χ2v) is 9.97. The molecule has 1 heterocycles. The van der Waals surface area contributed by atoms with Gasteiger partial charge in [-0.25, -0.2) is 0 Å². The van der Waals surface area contributed by atoms with Crippen LogP contribution >= 0.6 is 15.9 Å². The zero-order chi connectivity index (χ0) is 23.6. The van der Waals surface area contributed by atoms with E-state index in [1.807, 2.05) is 32.0 Å². The molecule has 2 fully saturated rings. The normalized spacial score (nSPS) is 19.1. The Morgan fingerprint density at radius 2 is 1.68 bits per heavy atom. The molecule has 0 atom stereocenters. The van der Waals surface area contributed by atoms with Gasteiger partial charge in [0.05, 0.1) is 22.4 Å². The number of hydrogen-bond donors (Lipinski definition) is 0. The molecule has 1 amide bonds. The lowest BCUT2D eigenvalue weighted by Gasteiger charge is -2.32. The maximum atomic E-state index is 14.0. The molecule has 0 bridgehead atoms. The van der Waals surface area contributed by atoms with Crippen molar-refractivity contribution in [3.05, 3.63) is 57.6 Å². The van der Waals surface area contributed by atoms with Crippen molar-refractivity contribution in [2.75, 3.05) is 4.90 Å². The Hall–Kier alpha value is -2.39. The quantitative estimate of drug-likeness (QED) is 0.400. The lowest BCUT2D eigenvalue weighted by molar-refractivity contribution is -0.123. The second kappa shape index (κ2) is 10.9. The first-order valence-electron chi connectivity index (χ1n) is 12.2. The van der Waals surface area contributed by atoms with Crippen molar-refractivity contribution >= 4 is 47.4 Å². The molecule has 0 aromatic heterocycles. The minimum absolute atomic E-state index is 0. The molecule has 0 unspecified atom stereocenters. The molecular formula is C28H31BBrN2O2. The predicted molar refractivity (Wildman–Crippen MR) is 141 cm³/mol. The lowest BCUT2D eigenvalue weighted by Crippen LogP contribution is -2.40. The number of hydrogen-bond acceptors (Lipinski definition) is 3. The van der Waals surface area contributed by atoms with E-state index >= 15 is 0 Å². The number of nitriles is 1. The molecule has 0 N–H and O–H groups in total. The number of Topliss-reactive ketones (excluding diaryl/α,β-unsaturated/α-hetero) is 1. The predicted octanol–water partition coefficient (Wildman–Crippen LogP) is 7.07. The maximum absolute atomic E-state index is 14.0. The molecule has 34 heavy (non-hydrogen) atoms. The van der Waals surface area contributed by atoms with Crippen molar-refractivity contribution in [3.8, 4) is 6.07 Å². The number of benzene rings is 2. The summed E-state index contributed by atoms with van der Waals surface area (Å²) in [4.78, 5) is 27.5. The van der Waals surface area contributed by atoms with Gasteiger partial charge in [-0.05, 0) is 76.9 Å². The van der Waals surface area contributed by atoms with E-state index < -0.39 is 5.41 Å². The average Bonchev–Trinajstić information content (AvgIpc) is 3.08. The van der Waals surface area contributed by atoms with Gasteiger partial charge >= 0.3 is 0 Å². The third-order valence-electron chi connectivity index (χ3n) is 7.46. The van der Waals surface area contributed by atoms with E-state index in [1.165, 1.54) is 12.0 Å². The van der Waals surface area contributed by atoms with Gasteiger partial charge in [-0.1, -0.05) is 51.3 Å². The number of carbonyl (C=O) groups excluding carboxylic acids is 2. The van der Waals surface area contributed by atoms with Gasteiger partial charge in [-0.3, -0.25) is 14.5 Å². The van der Waals surface area contributed by atoms with Crippen LogP contribution in [0.5, 0.6) is 0 Å². The van der Waals surface area contributed by atoms with Crippen LogP contribution in [0.25, 0.3) is 0 Å². The number of carbonyl (C=O) groups is 2. The van der Waals surface area contributed by atoms with Crippen LogP contribution in [-0.4, -0.2) is 20.1 Å². The highest BCUT2D eigenvalue weighted by Gasteiger charge is 2.52. The molecule has 3 aliphatic rings. The number of amides is 1. The highest BCUT2D eigenvalue weighted by molar-refractivity contribution is 9.10. The van der Waals surface area contributed by atoms with E-state index in [1.54, 1.807) is 4.90 Å². The molecule has 2 aliphatic carbocycles. The van der Waals surface area contributed by atoms with Crippen LogP contribution in [0.2, 0.25) is 0 Å². The summed E-state index contributed by atoms with van der Waals surface area (Å²) >= 11 is 3.49. The summed E-state index contributed by atoms with van der Waals surface area (Å²) in [5.41, 5.74) is 3.90. The first-order valence-corrected chi connectivity index (χ1v) is 13.0. The summed E-state index contributed by atoms with van der Waals surface area (Å²) < 4.78 is 0.702. The van der Waals surface area contributed by atoms with E-state index in [-0.39, 0.29) is 14.3 Å². The summed E-state index contributed by atoms with van der Waals surface area (Å²) in [5, 5.41) is 9.83. The molecule has 6 heteroatoms. The van der Waals surface area contributed by atoms with Crippen LogP contribution in [0.1, 0.15) is 94.2 Å². The lowest BCUT2D eigenvalue weighted by atomic mass is 9.70. The average molecular weight is 518 g/mol. The van der Waals surface area contributed by atoms with Crippen molar-refractivity contribution in [2.45, 2.75) is 83.0 Å². The third-order valence-corrected chi connectivity index (χ3v) is 8.12. The highest BCUT2D eigenvalue weighted by Crippen LogP contribution is 2.54.